The van der Waals surface area contributed by atoms with Crippen molar-refractivity contribution >= 4 is 11.7 Å². The molecule has 1 saturated heterocycles. The smallest absolute Gasteiger partial charge is 0.263 e. The monoisotopic (exact) mass is 402 g/mol. The highest BCUT2D eigenvalue weighted by Crippen LogP contribution is 2.22. The van der Waals surface area contributed by atoms with E-state index in [1.807, 2.05) is 59.5 Å². The highest BCUT2D eigenvalue weighted by atomic mass is 16.5. The summed E-state index contributed by atoms with van der Waals surface area (Å²) < 4.78 is 5.78. The van der Waals surface area contributed by atoms with Crippen LogP contribution in [0.25, 0.3) is 11.3 Å². The Labute approximate surface area is 177 Å². The van der Waals surface area contributed by atoms with Gasteiger partial charge >= 0.3 is 0 Å². The molecule has 0 radical (unpaired) electrons. The molecule has 0 aliphatic carbocycles. The topological polar surface area (TPSA) is 58.6 Å². The summed E-state index contributed by atoms with van der Waals surface area (Å²) in [5.74, 6) is 1.56. The molecular weight excluding hydrogens is 376 g/mol. The Hall–Kier alpha value is -3.41. The van der Waals surface area contributed by atoms with Gasteiger partial charge in [0.05, 0.1) is 5.69 Å². The predicted molar refractivity (Wildman–Crippen MR) is 118 cm³/mol. The van der Waals surface area contributed by atoms with Gasteiger partial charge in [-0.2, -0.15) is 0 Å². The van der Waals surface area contributed by atoms with Crippen molar-refractivity contribution in [2.45, 2.75) is 20.0 Å². The number of hydrogen-bond donors (Lipinski definition) is 0. The average molecular weight is 402 g/mol. The Kier molecular flexibility index (Phi) is 5.93. The highest BCUT2D eigenvalue weighted by molar-refractivity contribution is 5.81. The van der Waals surface area contributed by atoms with Crippen molar-refractivity contribution < 1.29 is 9.53 Å². The van der Waals surface area contributed by atoms with Gasteiger partial charge in [-0.05, 0) is 43.7 Å². The minimum Gasteiger partial charge on any atom is -0.481 e. The molecule has 154 valence electrons. The van der Waals surface area contributed by atoms with Gasteiger partial charge in [-0.25, -0.2) is 0 Å². The molecular formula is C24H26N4O2. The molecule has 0 N–H and O–H groups in total. The zero-order valence-corrected chi connectivity index (χ0v) is 17.4. The van der Waals surface area contributed by atoms with Gasteiger partial charge in [0.1, 0.15) is 5.75 Å². The molecule has 1 atom stereocenters. The quantitative estimate of drug-likeness (QED) is 0.653. The van der Waals surface area contributed by atoms with Gasteiger partial charge in [0.25, 0.3) is 5.91 Å². The van der Waals surface area contributed by atoms with Crippen LogP contribution in [-0.2, 0) is 4.79 Å². The maximum atomic E-state index is 12.7. The third-order valence-corrected chi connectivity index (χ3v) is 5.39. The summed E-state index contributed by atoms with van der Waals surface area (Å²) >= 11 is 0. The van der Waals surface area contributed by atoms with Crippen molar-refractivity contribution in [2.24, 2.45) is 0 Å². The molecule has 0 bridgehead atoms. The van der Waals surface area contributed by atoms with Crippen LogP contribution >= 0.6 is 0 Å². The van der Waals surface area contributed by atoms with Gasteiger partial charge in [-0.15, -0.1) is 10.2 Å². The number of amides is 1. The second kappa shape index (κ2) is 8.95. The molecule has 1 amide bonds. The lowest BCUT2D eigenvalue weighted by molar-refractivity contribution is -0.138. The number of benzene rings is 2. The van der Waals surface area contributed by atoms with E-state index in [9.17, 15) is 4.79 Å². The van der Waals surface area contributed by atoms with E-state index < -0.39 is 6.10 Å². The minimum absolute atomic E-state index is 0.0134. The maximum absolute atomic E-state index is 12.7. The first-order valence-corrected chi connectivity index (χ1v) is 10.3. The van der Waals surface area contributed by atoms with E-state index in [-0.39, 0.29) is 5.91 Å². The van der Waals surface area contributed by atoms with Crippen molar-refractivity contribution in [2.75, 3.05) is 31.1 Å². The van der Waals surface area contributed by atoms with Crippen LogP contribution in [0.5, 0.6) is 5.75 Å². The van der Waals surface area contributed by atoms with Crippen molar-refractivity contribution in [3.8, 4) is 17.0 Å². The number of anilines is 1. The number of piperazine rings is 1. The normalized spacial score (nSPS) is 15.0. The van der Waals surface area contributed by atoms with Crippen LogP contribution in [0.1, 0.15) is 12.5 Å². The third kappa shape index (κ3) is 4.43. The predicted octanol–water partition coefficient (Wildman–Crippen LogP) is 3.57. The number of para-hydroxylation sites is 1. The molecule has 1 unspecified atom stereocenters. The van der Waals surface area contributed by atoms with Crippen LogP contribution in [0, 0.1) is 6.92 Å². The van der Waals surface area contributed by atoms with E-state index in [0.717, 1.165) is 30.2 Å². The van der Waals surface area contributed by atoms with E-state index in [0.29, 0.717) is 18.8 Å². The van der Waals surface area contributed by atoms with Gasteiger partial charge in [0, 0.05) is 31.7 Å². The Balaban J connectivity index is 1.34. The zero-order valence-electron chi connectivity index (χ0n) is 17.4. The molecule has 2 heterocycles. The van der Waals surface area contributed by atoms with Crippen molar-refractivity contribution in [3.05, 3.63) is 72.3 Å². The van der Waals surface area contributed by atoms with Crippen LogP contribution in [0.2, 0.25) is 0 Å². The van der Waals surface area contributed by atoms with Crippen LogP contribution in [0.4, 0.5) is 5.82 Å². The standard InChI is InChI=1S/C24H26N4O2/c1-18-8-6-7-11-21(18)22-12-13-23(26-25-22)27-14-16-28(17-15-27)24(29)19(2)30-20-9-4-3-5-10-20/h3-13,19H,14-17H2,1-2H3. The third-order valence-electron chi connectivity index (χ3n) is 5.39. The number of carbonyl (C=O) groups excluding carboxylic acids is 1. The van der Waals surface area contributed by atoms with Gasteiger partial charge < -0.3 is 14.5 Å². The Morgan fingerprint density at radius 2 is 1.60 bits per heavy atom. The summed E-state index contributed by atoms with van der Waals surface area (Å²) in [6, 6.07) is 21.6. The molecule has 0 spiro atoms. The SMILES string of the molecule is Cc1ccccc1-c1ccc(N2CCN(C(=O)C(C)Oc3ccccc3)CC2)nn1. The van der Waals surface area contributed by atoms with Crippen molar-refractivity contribution in [3.63, 3.8) is 0 Å². The minimum atomic E-state index is -0.507. The first kappa shape index (κ1) is 19.9. The number of carbonyl (C=O) groups is 1. The van der Waals surface area contributed by atoms with E-state index in [1.54, 1.807) is 6.92 Å². The Morgan fingerprint density at radius 3 is 2.27 bits per heavy atom. The summed E-state index contributed by atoms with van der Waals surface area (Å²) in [4.78, 5) is 16.8. The Bertz CT molecular complexity index is 984. The van der Waals surface area contributed by atoms with Crippen LogP contribution in [0.15, 0.2) is 66.7 Å². The van der Waals surface area contributed by atoms with Crippen molar-refractivity contribution in [1.82, 2.24) is 15.1 Å². The molecule has 1 aliphatic heterocycles. The molecule has 1 aromatic heterocycles. The molecule has 4 rings (SSSR count). The molecule has 6 nitrogen and oxygen atoms in total. The van der Waals surface area contributed by atoms with Crippen molar-refractivity contribution in [1.29, 1.82) is 0 Å². The number of aryl methyl sites for hydroxylation is 1. The molecule has 0 saturated carbocycles. The second-order valence-electron chi connectivity index (χ2n) is 7.48. The summed E-state index contributed by atoms with van der Waals surface area (Å²) in [5, 5.41) is 8.85. The number of hydrogen-bond acceptors (Lipinski definition) is 5. The fourth-order valence-electron chi connectivity index (χ4n) is 3.66. The molecule has 6 heteroatoms. The summed E-state index contributed by atoms with van der Waals surface area (Å²) in [6.07, 6.45) is -0.507. The van der Waals surface area contributed by atoms with Crippen LogP contribution in [0.3, 0.4) is 0 Å². The second-order valence-corrected chi connectivity index (χ2v) is 7.48. The maximum Gasteiger partial charge on any atom is 0.263 e. The summed E-state index contributed by atoms with van der Waals surface area (Å²) in [5.41, 5.74) is 3.15. The van der Waals surface area contributed by atoms with Gasteiger partial charge in [-0.3, -0.25) is 4.79 Å². The van der Waals surface area contributed by atoms with Crippen LogP contribution in [-0.4, -0.2) is 53.3 Å². The van der Waals surface area contributed by atoms with Gasteiger partial charge in [0.15, 0.2) is 11.9 Å². The number of aromatic nitrogens is 2. The lowest BCUT2D eigenvalue weighted by Gasteiger charge is -2.36. The van der Waals surface area contributed by atoms with E-state index in [1.165, 1.54) is 5.56 Å². The molecule has 1 aliphatic rings. The van der Waals surface area contributed by atoms with E-state index in [2.05, 4.69) is 34.2 Å². The fraction of sp³-hybridized carbons (Fsp3) is 0.292. The average Bonchev–Trinajstić information content (AvgIpc) is 2.80. The zero-order chi connectivity index (χ0) is 20.9. The molecule has 1 fully saturated rings. The number of nitrogens with zero attached hydrogens (tertiary/aromatic N) is 4. The van der Waals surface area contributed by atoms with Gasteiger partial charge in [0.2, 0.25) is 0 Å². The molecule has 2 aromatic carbocycles. The Morgan fingerprint density at radius 1 is 0.900 bits per heavy atom. The van der Waals surface area contributed by atoms with E-state index in [4.69, 9.17) is 4.74 Å². The lowest BCUT2D eigenvalue weighted by Crippen LogP contribution is -2.52. The first-order valence-electron chi connectivity index (χ1n) is 10.3. The molecule has 3 aromatic rings. The lowest BCUT2D eigenvalue weighted by atomic mass is 10.1. The highest BCUT2D eigenvalue weighted by Gasteiger charge is 2.26. The fourth-order valence-corrected chi connectivity index (χ4v) is 3.66. The summed E-state index contributed by atoms with van der Waals surface area (Å²) in [7, 11) is 0. The van der Waals surface area contributed by atoms with E-state index >= 15 is 0 Å². The summed E-state index contributed by atoms with van der Waals surface area (Å²) in [6.45, 7) is 6.61. The molecule has 30 heavy (non-hydrogen) atoms. The largest absolute Gasteiger partial charge is 0.481 e. The first-order chi connectivity index (χ1) is 14.6. The van der Waals surface area contributed by atoms with Gasteiger partial charge in [-0.1, -0.05) is 42.5 Å². The number of rotatable bonds is 5. The van der Waals surface area contributed by atoms with Crippen LogP contribution < -0.4 is 9.64 Å². The number of ether oxygens (including phenoxy) is 1.